The Morgan fingerprint density at radius 1 is 1.28 bits per heavy atom. The largest absolute Gasteiger partial charge is 0.481 e. The molecule has 0 aromatic heterocycles. The van der Waals surface area contributed by atoms with Crippen LogP contribution in [0.5, 0.6) is 0 Å². The van der Waals surface area contributed by atoms with Gasteiger partial charge in [-0.25, -0.2) is 0 Å². The highest BCUT2D eigenvalue weighted by Gasteiger charge is 2.26. The van der Waals surface area contributed by atoms with Gasteiger partial charge in [-0.3, -0.25) is 4.79 Å². The molecule has 18 heavy (non-hydrogen) atoms. The molecular weight excluding hydrogens is 226 g/mol. The van der Waals surface area contributed by atoms with Gasteiger partial charge in [0.05, 0.1) is 5.92 Å². The highest BCUT2D eigenvalue weighted by molar-refractivity contribution is 5.71. The summed E-state index contributed by atoms with van der Waals surface area (Å²) in [6, 6.07) is 8.15. The molecule has 3 nitrogen and oxygen atoms in total. The second-order valence-electron chi connectivity index (χ2n) is 4.61. The molecule has 0 bridgehead atoms. The Morgan fingerprint density at radius 2 is 1.89 bits per heavy atom. The van der Waals surface area contributed by atoms with E-state index in [0.717, 1.165) is 18.4 Å². The molecule has 0 saturated heterocycles. The van der Waals surface area contributed by atoms with Gasteiger partial charge in [0, 0.05) is 6.04 Å². The maximum absolute atomic E-state index is 11.2. The van der Waals surface area contributed by atoms with Gasteiger partial charge >= 0.3 is 5.97 Å². The number of aryl methyl sites for hydroxylation is 1. The maximum atomic E-state index is 11.2. The van der Waals surface area contributed by atoms with Crippen molar-refractivity contribution in [3.8, 4) is 0 Å². The van der Waals surface area contributed by atoms with Crippen LogP contribution < -0.4 is 5.32 Å². The number of carboxylic acids is 1. The van der Waals surface area contributed by atoms with Gasteiger partial charge in [-0.1, -0.05) is 44.5 Å². The zero-order chi connectivity index (χ0) is 13.5. The molecule has 1 aromatic rings. The van der Waals surface area contributed by atoms with Crippen LogP contribution in [-0.2, 0) is 11.2 Å². The van der Waals surface area contributed by atoms with E-state index in [2.05, 4.69) is 24.4 Å². The Kier molecular flexibility index (Phi) is 5.86. The fourth-order valence-corrected chi connectivity index (χ4v) is 2.33. The molecule has 0 spiro atoms. The lowest BCUT2D eigenvalue weighted by Gasteiger charge is -2.23. The molecule has 0 radical (unpaired) electrons. The second kappa shape index (κ2) is 7.17. The van der Waals surface area contributed by atoms with Crippen LogP contribution in [0.4, 0.5) is 0 Å². The molecule has 0 aliphatic rings. The Bertz CT molecular complexity index is 373. The first kappa shape index (κ1) is 14.7. The summed E-state index contributed by atoms with van der Waals surface area (Å²) in [6.07, 6.45) is 2.82. The van der Waals surface area contributed by atoms with Crippen molar-refractivity contribution < 1.29 is 9.90 Å². The summed E-state index contributed by atoms with van der Waals surface area (Å²) in [5.41, 5.74) is 2.35. The van der Waals surface area contributed by atoms with Crippen LogP contribution in [0.25, 0.3) is 0 Å². The van der Waals surface area contributed by atoms with Gasteiger partial charge in [0.1, 0.15) is 0 Å². The molecular formula is C15H23NO2. The first-order chi connectivity index (χ1) is 8.63. The van der Waals surface area contributed by atoms with Crippen molar-refractivity contribution in [1.29, 1.82) is 0 Å². The van der Waals surface area contributed by atoms with E-state index in [1.807, 2.05) is 26.1 Å². The number of rotatable bonds is 7. The van der Waals surface area contributed by atoms with Gasteiger partial charge in [-0.2, -0.15) is 0 Å². The van der Waals surface area contributed by atoms with E-state index >= 15 is 0 Å². The molecule has 0 aliphatic carbocycles. The standard InChI is InChI=1S/C15H23NO2/c1-4-6-11-7-9-12(10-8-11)14(16-3)13(5-2)15(17)18/h7-10,13-14,16H,4-6H2,1-3H3,(H,17,18). The van der Waals surface area contributed by atoms with Crippen molar-refractivity contribution in [2.75, 3.05) is 7.05 Å². The Balaban J connectivity index is 2.90. The van der Waals surface area contributed by atoms with Crippen molar-refractivity contribution in [2.45, 2.75) is 39.2 Å². The van der Waals surface area contributed by atoms with E-state index in [1.54, 1.807) is 0 Å². The monoisotopic (exact) mass is 249 g/mol. The molecule has 0 aliphatic heterocycles. The molecule has 0 heterocycles. The van der Waals surface area contributed by atoms with E-state index in [9.17, 15) is 9.90 Å². The van der Waals surface area contributed by atoms with E-state index in [-0.39, 0.29) is 12.0 Å². The minimum absolute atomic E-state index is 0.122. The third-order valence-electron chi connectivity index (χ3n) is 3.35. The lowest BCUT2D eigenvalue weighted by Crippen LogP contribution is -2.30. The molecule has 2 N–H and O–H groups in total. The van der Waals surface area contributed by atoms with Crippen LogP contribution >= 0.6 is 0 Å². The number of carbonyl (C=O) groups is 1. The fourth-order valence-electron chi connectivity index (χ4n) is 2.33. The van der Waals surface area contributed by atoms with Crippen molar-refractivity contribution in [3.05, 3.63) is 35.4 Å². The van der Waals surface area contributed by atoms with Gasteiger partial charge in [0.2, 0.25) is 0 Å². The zero-order valence-electron chi connectivity index (χ0n) is 11.4. The van der Waals surface area contributed by atoms with Gasteiger partial charge in [-0.05, 0) is 31.0 Å². The SMILES string of the molecule is CCCc1ccc(C(NC)C(CC)C(=O)O)cc1. The number of aliphatic carboxylic acids is 1. The second-order valence-corrected chi connectivity index (χ2v) is 4.61. The van der Waals surface area contributed by atoms with Crippen LogP contribution in [0.3, 0.4) is 0 Å². The summed E-state index contributed by atoms with van der Waals surface area (Å²) >= 11 is 0. The van der Waals surface area contributed by atoms with Gasteiger partial charge in [0.15, 0.2) is 0 Å². The lowest BCUT2D eigenvalue weighted by atomic mass is 9.90. The van der Waals surface area contributed by atoms with E-state index in [0.29, 0.717) is 6.42 Å². The number of carboxylic acid groups (broad SMARTS) is 1. The van der Waals surface area contributed by atoms with E-state index in [1.165, 1.54) is 5.56 Å². The average Bonchev–Trinajstić information content (AvgIpc) is 2.37. The molecule has 0 amide bonds. The van der Waals surface area contributed by atoms with Crippen LogP contribution in [0.1, 0.15) is 43.9 Å². The Labute approximate surface area is 109 Å². The molecule has 2 atom stereocenters. The van der Waals surface area contributed by atoms with Gasteiger partial charge in [-0.15, -0.1) is 0 Å². The predicted octanol–water partition coefficient (Wildman–Crippen LogP) is 3.01. The molecule has 3 heteroatoms. The minimum atomic E-state index is -0.741. The molecule has 1 aromatic carbocycles. The molecule has 1 rings (SSSR count). The van der Waals surface area contributed by atoms with Crippen molar-refractivity contribution in [2.24, 2.45) is 5.92 Å². The lowest BCUT2D eigenvalue weighted by molar-refractivity contribution is -0.143. The highest BCUT2D eigenvalue weighted by Crippen LogP contribution is 2.25. The van der Waals surface area contributed by atoms with Crippen LogP contribution in [0.15, 0.2) is 24.3 Å². The third kappa shape index (κ3) is 3.57. The first-order valence-electron chi connectivity index (χ1n) is 6.62. The molecule has 100 valence electrons. The summed E-state index contributed by atoms with van der Waals surface area (Å²) in [7, 11) is 1.82. The van der Waals surface area contributed by atoms with Crippen molar-refractivity contribution in [3.63, 3.8) is 0 Å². The molecule has 0 fully saturated rings. The van der Waals surface area contributed by atoms with Crippen molar-refractivity contribution in [1.82, 2.24) is 5.32 Å². The minimum Gasteiger partial charge on any atom is -0.481 e. The van der Waals surface area contributed by atoms with Crippen LogP contribution in [0, 0.1) is 5.92 Å². The summed E-state index contributed by atoms with van der Waals surface area (Å²) in [4.78, 5) is 11.2. The van der Waals surface area contributed by atoms with E-state index < -0.39 is 5.97 Å². The summed E-state index contributed by atoms with van der Waals surface area (Å²) < 4.78 is 0. The highest BCUT2D eigenvalue weighted by atomic mass is 16.4. The van der Waals surface area contributed by atoms with Crippen molar-refractivity contribution >= 4 is 5.97 Å². The predicted molar refractivity (Wildman–Crippen MR) is 73.7 cm³/mol. The summed E-state index contributed by atoms with van der Waals surface area (Å²) in [6.45, 7) is 4.07. The van der Waals surface area contributed by atoms with Gasteiger partial charge in [0.25, 0.3) is 0 Å². The Morgan fingerprint density at radius 3 is 2.28 bits per heavy atom. The first-order valence-corrected chi connectivity index (χ1v) is 6.62. The Hall–Kier alpha value is -1.35. The summed E-state index contributed by atoms with van der Waals surface area (Å²) in [5, 5.41) is 12.4. The molecule has 0 saturated carbocycles. The number of hydrogen-bond donors (Lipinski definition) is 2. The van der Waals surface area contributed by atoms with Gasteiger partial charge < -0.3 is 10.4 Å². The quantitative estimate of drug-likeness (QED) is 0.781. The number of benzene rings is 1. The summed E-state index contributed by atoms with van der Waals surface area (Å²) in [5.74, 6) is -1.12. The normalized spacial score (nSPS) is 14.2. The van der Waals surface area contributed by atoms with E-state index in [4.69, 9.17) is 0 Å². The average molecular weight is 249 g/mol. The van der Waals surface area contributed by atoms with Crippen LogP contribution in [-0.4, -0.2) is 18.1 Å². The maximum Gasteiger partial charge on any atom is 0.308 e. The zero-order valence-corrected chi connectivity index (χ0v) is 11.4. The third-order valence-corrected chi connectivity index (χ3v) is 3.35. The van der Waals surface area contributed by atoms with Crippen LogP contribution in [0.2, 0.25) is 0 Å². The number of nitrogens with one attached hydrogen (secondary N) is 1. The molecule has 2 unspecified atom stereocenters. The smallest absolute Gasteiger partial charge is 0.308 e. The fraction of sp³-hybridized carbons (Fsp3) is 0.533. The number of hydrogen-bond acceptors (Lipinski definition) is 2. The topological polar surface area (TPSA) is 49.3 Å².